The van der Waals surface area contributed by atoms with Crippen LogP contribution >= 0.6 is 0 Å². The molecule has 1 aliphatic rings. The molecule has 0 saturated carbocycles. The Morgan fingerprint density at radius 3 is 2.22 bits per heavy atom. The Morgan fingerprint density at radius 1 is 1.13 bits per heavy atom. The summed E-state index contributed by atoms with van der Waals surface area (Å²) in [7, 11) is 0. The number of hydrogen-bond donors (Lipinski definition) is 0. The first-order valence-electron chi connectivity index (χ1n) is 8.77. The van der Waals surface area contributed by atoms with E-state index in [0.29, 0.717) is 21.1 Å². The molecule has 3 atom stereocenters. The minimum absolute atomic E-state index is 0.134. The van der Waals surface area contributed by atoms with Crippen molar-refractivity contribution in [1.29, 1.82) is 0 Å². The zero-order valence-electron chi connectivity index (χ0n) is 14.8. The van der Waals surface area contributed by atoms with Crippen molar-refractivity contribution in [3.05, 3.63) is 29.3 Å². The van der Waals surface area contributed by atoms with Gasteiger partial charge in [-0.05, 0) is 0 Å². The first-order valence-corrected chi connectivity index (χ1v) is 10.8. The number of hydrogen-bond acceptors (Lipinski definition) is 3. The predicted molar refractivity (Wildman–Crippen MR) is 95.7 cm³/mol. The summed E-state index contributed by atoms with van der Waals surface area (Å²) in [6.07, 6.45) is 3.13. The van der Waals surface area contributed by atoms with Crippen molar-refractivity contribution in [3.8, 4) is 0 Å². The van der Waals surface area contributed by atoms with Gasteiger partial charge in [0.25, 0.3) is 0 Å². The molecule has 130 valence electrons. The van der Waals surface area contributed by atoms with Crippen LogP contribution in [0.4, 0.5) is 0 Å². The Labute approximate surface area is 147 Å². The van der Waals surface area contributed by atoms with Crippen molar-refractivity contribution in [2.24, 2.45) is 0 Å². The molecular formula is C19H30O3Se. The van der Waals surface area contributed by atoms with Crippen LogP contribution in [0.2, 0.25) is 5.32 Å². The van der Waals surface area contributed by atoms with E-state index < -0.39 is 0 Å². The van der Waals surface area contributed by atoms with Crippen LogP contribution in [-0.2, 0) is 14.2 Å². The fourth-order valence-corrected chi connectivity index (χ4v) is 5.98. The number of rotatable bonds is 9. The molecule has 0 aromatic heterocycles. The van der Waals surface area contributed by atoms with Crippen molar-refractivity contribution in [1.82, 2.24) is 0 Å². The van der Waals surface area contributed by atoms with Crippen LogP contribution in [0.25, 0.3) is 0 Å². The van der Waals surface area contributed by atoms with Gasteiger partial charge in [0, 0.05) is 0 Å². The van der Waals surface area contributed by atoms with Crippen LogP contribution in [0.3, 0.4) is 0 Å². The molecule has 0 amide bonds. The Morgan fingerprint density at radius 2 is 1.74 bits per heavy atom. The van der Waals surface area contributed by atoms with Crippen molar-refractivity contribution in [2.45, 2.75) is 64.2 Å². The van der Waals surface area contributed by atoms with Crippen molar-refractivity contribution in [3.63, 3.8) is 0 Å². The third kappa shape index (κ3) is 5.30. The van der Waals surface area contributed by atoms with Gasteiger partial charge in [-0.25, -0.2) is 0 Å². The van der Waals surface area contributed by atoms with E-state index in [4.69, 9.17) is 14.2 Å². The maximum atomic E-state index is 5.87. The van der Waals surface area contributed by atoms with E-state index in [1.165, 1.54) is 28.4 Å². The van der Waals surface area contributed by atoms with Crippen molar-refractivity contribution >= 4 is 19.4 Å². The third-order valence-corrected chi connectivity index (χ3v) is 6.95. The SMILES string of the molecule is CCO[C@H](C)c1cccc([C@@H](C)OCC)c1[Se]CC1CCCO1. The minimum atomic E-state index is 0.134. The zero-order valence-corrected chi connectivity index (χ0v) is 16.6. The summed E-state index contributed by atoms with van der Waals surface area (Å²) >= 11 is 0.387. The summed E-state index contributed by atoms with van der Waals surface area (Å²) in [4.78, 5) is 0. The number of benzene rings is 1. The molecule has 0 radical (unpaired) electrons. The quantitative estimate of drug-likeness (QED) is 0.605. The van der Waals surface area contributed by atoms with E-state index in [2.05, 4.69) is 45.9 Å². The van der Waals surface area contributed by atoms with E-state index in [-0.39, 0.29) is 12.2 Å². The van der Waals surface area contributed by atoms with Gasteiger partial charge < -0.3 is 0 Å². The van der Waals surface area contributed by atoms with Gasteiger partial charge in [0.2, 0.25) is 0 Å². The van der Waals surface area contributed by atoms with Gasteiger partial charge in [-0.1, -0.05) is 0 Å². The third-order valence-electron chi connectivity index (χ3n) is 4.22. The molecule has 1 saturated heterocycles. The van der Waals surface area contributed by atoms with Crippen LogP contribution in [0.1, 0.15) is 63.9 Å². The summed E-state index contributed by atoms with van der Waals surface area (Å²) in [5.41, 5.74) is 2.66. The monoisotopic (exact) mass is 386 g/mol. The summed E-state index contributed by atoms with van der Waals surface area (Å²) in [6.45, 7) is 10.8. The Balaban J connectivity index is 2.23. The van der Waals surface area contributed by atoms with Crippen LogP contribution < -0.4 is 4.46 Å². The van der Waals surface area contributed by atoms with Gasteiger partial charge in [-0.15, -0.1) is 0 Å². The van der Waals surface area contributed by atoms with Gasteiger partial charge in [0.05, 0.1) is 0 Å². The van der Waals surface area contributed by atoms with Crippen LogP contribution in [0.5, 0.6) is 0 Å². The van der Waals surface area contributed by atoms with Gasteiger partial charge in [-0.2, -0.15) is 0 Å². The molecule has 1 aromatic rings. The molecule has 3 nitrogen and oxygen atoms in total. The normalized spacial score (nSPS) is 20.6. The van der Waals surface area contributed by atoms with Gasteiger partial charge >= 0.3 is 147 Å². The second kappa shape index (κ2) is 9.80. The van der Waals surface area contributed by atoms with Crippen molar-refractivity contribution in [2.75, 3.05) is 19.8 Å². The maximum absolute atomic E-state index is 5.87. The molecule has 1 unspecified atom stereocenters. The summed E-state index contributed by atoms with van der Waals surface area (Å²) in [6, 6.07) is 6.57. The van der Waals surface area contributed by atoms with E-state index >= 15 is 0 Å². The molecule has 2 rings (SSSR count). The molecule has 4 heteroatoms. The fourth-order valence-electron chi connectivity index (χ4n) is 3.01. The molecule has 1 heterocycles. The van der Waals surface area contributed by atoms with Gasteiger partial charge in [0.1, 0.15) is 0 Å². The van der Waals surface area contributed by atoms with E-state index in [0.717, 1.165) is 25.1 Å². The standard InChI is InChI=1S/C19H30O3Se/c1-5-20-14(3)17-10-7-11-18(15(4)21-6-2)19(17)23-13-16-9-8-12-22-16/h7,10-11,14-16H,5-6,8-9,12-13H2,1-4H3/t14-,15-,16?/m1/s1. The van der Waals surface area contributed by atoms with Crippen LogP contribution in [0, 0.1) is 0 Å². The first kappa shape index (κ1) is 19.0. The van der Waals surface area contributed by atoms with Crippen LogP contribution in [0.15, 0.2) is 18.2 Å². The Kier molecular flexibility index (Phi) is 8.08. The number of ether oxygens (including phenoxy) is 3. The predicted octanol–water partition coefficient (Wildman–Crippen LogP) is 3.81. The average molecular weight is 385 g/mol. The molecule has 1 aromatic carbocycles. The topological polar surface area (TPSA) is 27.7 Å². The summed E-state index contributed by atoms with van der Waals surface area (Å²) in [5.74, 6) is 0. The summed E-state index contributed by atoms with van der Waals surface area (Å²) < 4.78 is 19.0. The molecular weight excluding hydrogens is 355 g/mol. The second-order valence-corrected chi connectivity index (χ2v) is 8.07. The molecule has 23 heavy (non-hydrogen) atoms. The molecule has 0 aliphatic carbocycles. The average Bonchev–Trinajstić information content (AvgIpc) is 3.06. The summed E-state index contributed by atoms with van der Waals surface area (Å²) in [5, 5.41) is 1.15. The van der Waals surface area contributed by atoms with Gasteiger partial charge in [-0.3, -0.25) is 0 Å². The Bertz CT molecular complexity index is 441. The molecule has 1 fully saturated rings. The first-order chi connectivity index (χ1) is 11.2. The van der Waals surface area contributed by atoms with Crippen LogP contribution in [-0.4, -0.2) is 40.9 Å². The molecule has 1 aliphatic heterocycles. The molecule has 0 bridgehead atoms. The molecule has 0 spiro atoms. The van der Waals surface area contributed by atoms with E-state index in [1.807, 2.05) is 0 Å². The fraction of sp³-hybridized carbons (Fsp3) is 0.684. The Hall–Kier alpha value is -0.381. The zero-order chi connectivity index (χ0) is 16.7. The second-order valence-electron chi connectivity index (χ2n) is 5.91. The molecule has 0 N–H and O–H groups in total. The van der Waals surface area contributed by atoms with E-state index in [9.17, 15) is 0 Å². The van der Waals surface area contributed by atoms with Gasteiger partial charge in [0.15, 0.2) is 0 Å². The van der Waals surface area contributed by atoms with E-state index in [1.54, 1.807) is 0 Å². The van der Waals surface area contributed by atoms with Crippen molar-refractivity contribution < 1.29 is 14.2 Å².